The Morgan fingerprint density at radius 1 is 1.58 bits per heavy atom. The molecule has 0 unspecified atom stereocenters. The largest absolute Gasteiger partial charge is 0.399 e. The quantitative estimate of drug-likeness (QED) is 0.648. The van der Waals surface area contributed by atoms with E-state index in [4.69, 9.17) is 4.84 Å². The van der Waals surface area contributed by atoms with Crippen molar-refractivity contribution < 1.29 is 4.84 Å². The van der Waals surface area contributed by atoms with Gasteiger partial charge in [0.2, 0.25) is 0 Å². The van der Waals surface area contributed by atoms with Gasteiger partial charge in [-0.25, -0.2) is 0 Å². The summed E-state index contributed by atoms with van der Waals surface area (Å²) in [5.41, 5.74) is 2.35. The third-order valence-electron chi connectivity index (χ3n) is 1.71. The molecule has 0 aromatic carbocycles. The first kappa shape index (κ1) is 8.13. The van der Waals surface area contributed by atoms with Crippen LogP contribution in [0, 0.1) is 0 Å². The van der Waals surface area contributed by atoms with Gasteiger partial charge in [-0.2, -0.15) is 0 Å². The Labute approximate surface area is 79.6 Å². The average Bonchev–Trinajstić information content (AvgIpc) is 2.53. The minimum atomic E-state index is 1.02. The molecule has 12 heavy (non-hydrogen) atoms. The lowest BCUT2D eigenvalue weighted by Gasteiger charge is -2.11. The third-order valence-corrected chi connectivity index (χ3v) is 3.95. The molecule has 0 N–H and O–H groups in total. The number of oxime groups is 1. The van der Waals surface area contributed by atoms with Crippen molar-refractivity contribution in [3.05, 3.63) is 17.0 Å². The molecule has 1 aliphatic heterocycles. The monoisotopic (exact) mass is 199 g/mol. The highest BCUT2D eigenvalue weighted by Crippen LogP contribution is 2.34. The highest BCUT2D eigenvalue weighted by atomic mass is 32.2. The number of hydrogen-bond donors (Lipinski definition) is 0. The van der Waals surface area contributed by atoms with Crippen molar-refractivity contribution in [3.8, 4) is 0 Å². The number of hydrogen-bond acceptors (Lipinski definition) is 4. The number of thiophene rings is 1. The fourth-order valence-electron chi connectivity index (χ4n) is 1.20. The predicted molar refractivity (Wildman–Crippen MR) is 53.2 cm³/mol. The van der Waals surface area contributed by atoms with Crippen LogP contribution in [-0.4, -0.2) is 18.6 Å². The molecule has 0 amide bonds. The van der Waals surface area contributed by atoms with E-state index >= 15 is 0 Å². The Bertz CT molecular complexity index is 306. The standard InChI is InChI=1S/C8H9NOS2/c1-10-9-7-3-5-12-8-6(7)2-4-11-8/h2,4H,3,5H2,1H3. The average molecular weight is 199 g/mol. The van der Waals surface area contributed by atoms with Gasteiger partial charge in [-0.1, -0.05) is 5.16 Å². The topological polar surface area (TPSA) is 21.6 Å². The lowest BCUT2D eigenvalue weighted by molar-refractivity contribution is 0.213. The highest BCUT2D eigenvalue weighted by Gasteiger charge is 2.17. The van der Waals surface area contributed by atoms with Gasteiger partial charge in [0.1, 0.15) is 7.11 Å². The summed E-state index contributed by atoms with van der Waals surface area (Å²) >= 11 is 3.69. The molecule has 0 aliphatic carbocycles. The van der Waals surface area contributed by atoms with Gasteiger partial charge in [0, 0.05) is 17.7 Å². The van der Waals surface area contributed by atoms with E-state index in [1.807, 2.05) is 11.8 Å². The third kappa shape index (κ3) is 1.36. The first-order chi connectivity index (χ1) is 5.92. The van der Waals surface area contributed by atoms with Crippen LogP contribution in [0.25, 0.3) is 0 Å². The van der Waals surface area contributed by atoms with Gasteiger partial charge in [-0.3, -0.25) is 0 Å². The molecule has 0 bridgehead atoms. The first-order valence-electron chi connectivity index (χ1n) is 3.72. The van der Waals surface area contributed by atoms with Gasteiger partial charge in [-0.05, 0) is 11.4 Å². The van der Waals surface area contributed by atoms with E-state index in [2.05, 4.69) is 16.6 Å². The molecular formula is C8H9NOS2. The maximum Gasteiger partial charge on any atom is 0.106 e. The summed E-state index contributed by atoms with van der Waals surface area (Å²) in [6.07, 6.45) is 1.02. The van der Waals surface area contributed by atoms with Crippen molar-refractivity contribution in [1.29, 1.82) is 0 Å². The Morgan fingerprint density at radius 2 is 2.50 bits per heavy atom. The minimum absolute atomic E-state index is 1.02. The summed E-state index contributed by atoms with van der Waals surface area (Å²) in [5.74, 6) is 1.12. The predicted octanol–water partition coefficient (Wildman–Crippen LogP) is 2.59. The second-order valence-corrected chi connectivity index (χ2v) is 4.72. The van der Waals surface area contributed by atoms with Crippen molar-refractivity contribution in [2.45, 2.75) is 10.6 Å². The molecule has 1 aliphatic rings. The van der Waals surface area contributed by atoms with E-state index in [0.29, 0.717) is 0 Å². The van der Waals surface area contributed by atoms with Crippen LogP contribution in [0.2, 0.25) is 0 Å². The normalized spacial score (nSPS) is 19.2. The second-order valence-electron chi connectivity index (χ2n) is 2.44. The van der Waals surface area contributed by atoms with E-state index < -0.39 is 0 Å². The molecular weight excluding hydrogens is 190 g/mol. The molecule has 0 fully saturated rings. The summed E-state index contributed by atoms with van der Waals surface area (Å²) in [5, 5.41) is 6.11. The van der Waals surface area contributed by atoms with Gasteiger partial charge in [-0.15, -0.1) is 23.1 Å². The molecule has 1 aromatic heterocycles. The van der Waals surface area contributed by atoms with Crippen molar-refractivity contribution in [2.75, 3.05) is 12.9 Å². The van der Waals surface area contributed by atoms with Crippen molar-refractivity contribution in [1.82, 2.24) is 0 Å². The van der Waals surface area contributed by atoms with Crippen LogP contribution in [-0.2, 0) is 4.84 Å². The van der Waals surface area contributed by atoms with E-state index in [1.54, 1.807) is 18.4 Å². The molecule has 2 heterocycles. The highest BCUT2D eigenvalue weighted by molar-refractivity contribution is 8.01. The molecule has 2 rings (SSSR count). The van der Waals surface area contributed by atoms with E-state index in [0.717, 1.165) is 17.9 Å². The number of fused-ring (bicyclic) bond motifs is 1. The maximum absolute atomic E-state index is 4.79. The van der Waals surface area contributed by atoms with Crippen LogP contribution in [0.4, 0.5) is 0 Å². The van der Waals surface area contributed by atoms with E-state index in [9.17, 15) is 0 Å². The van der Waals surface area contributed by atoms with Gasteiger partial charge >= 0.3 is 0 Å². The Balaban J connectivity index is 2.38. The molecule has 1 aromatic rings. The smallest absolute Gasteiger partial charge is 0.106 e. The van der Waals surface area contributed by atoms with Crippen LogP contribution in [0.1, 0.15) is 12.0 Å². The summed E-state index contributed by atoms with van der Waals surface area (Å²) < 4.78 is 1.37. The molecule has 0 saturated carbocycles. The Kier molecular flexibility index (Phi) is 2.37. The molecule has 0 radical (unpaired) electrons. The Hall–Kier alpha value is -0.480. The summed E-state index contributed by atoms with van der Waals surface area (Å²) in [7, 11) is 1.60. The van der Waals surface area contributed by atoms with E-state index in [-0.39, 0.29) is 0 Å². The SMILES string of the molecule is CON=C1CCSc2sccc21. The molecule has 0 spiro atoms. The van der Waals surface area contributed by atoms with Crippen molar-refractivity contribution >= 4 is 28.8 Å². The van der Waals surface area contributed by atoms with Crippen LogP contribution >= 0.6 is 23.1 Å². The van der Waals surface area contributed by atoms with Crippen LogP contribution in [0.15, 0.2) is 20.8 Å². The lowest BCUT2D eigenvalue weighted by atomic mass is 10.1. The minimum Gasteiger partial charge on any atom is -0.399 e. The lowest BCUT2D eigenvalue weighted by Crippen LogP contribution is -2.07. The van der Waals surface area contributed by atoms with Gasteiger partial charge in [0.05, 0.1) is 9.92 Å². The number of thioether (sulfide) groups is 1. The summed E-state index contributed by atoms with van der Waals surface area (Å²) in [6.45, 7) is 0. The zero-order valence-corrected chi connectivity index (χ0v) is 8.37. The fraction of sp³-hybridized carbons (Fsp3) is 0.375. The van der Waals surface area contributed by atoms with Gasteiger partial charge in [0.25, 0.3) is 0 Å². The second kappa shape index (κ2) is 3.49. The van der Waals surface area contributed by atoms with Gasteiger partial charge in [0.15, 0.2) is 0 Å². The molecule has 0 saturated heterocycles. The van der Waals surface area contributed by atoms with E-state index in [1.165, 1.54) is 9.77 Å². The zero-order valence-electron chi connectivity index (χ0n) is 6.74. The maximum atomic E-state index is 4.79. The van der Waals surface area contributed by atoms with Crippen LogP contribution in [0.3, 0.4) is 0 Å². The van der Waals surface area contributed by atoms with Gasteiger partial charge < -0.3 is 4.84 Å². The summed E-state index contributed by atoms with van der Waals surface area (Å²) in [6, 6.07) is 2.12. The number of rotatable bonds is 1. The molecule has 0 atom stereocenters. The zero-order chi connectivity index (χ0) is 8.39. The molecule has 4 heteroatoms. The summed E-state index contributed by atoms with van der Waals surface area (Å²) in [4.78, 5) is 4.79. The molecule has 64 valence electrons. The van der Waals surface area contributed by atoms with Crippen molar-refractivity contribution in [3.63, 3.8) is 0 Å². The first-order valence-corrected chi connectivity index (χ1v) is 5.59. The Morgan fingerprint density at radius 3 is 3.33 bits per heavy atom. The van der Waals surface area contributed by atoms with Crippen LogP contribution < -0.4 is 0 Å². The molecule has 2 nitrogen and oxygen atoms in total. The van der Waals surface area contributed by atoms with Crippen LogP contribution in [0.5, 0.6) is 0 Å². The number of nitrogens with zero attached hydrogens (tertiary/aromatic N) is 1. The van der Waals surface area contributed by atoms with Crippen molar-refractivity contribution in [2.24, 2.45) is 5.16 Å². The fourth-order valence-corrected chi connectivity index (χ4v) is 3.35.